The summed E-state index contributed by atoms with van der Waals surface area (Å²) in [6.45, 7) is 2.01. The molecule has 0 aliphatic rings. The Bertz CT molecular complexity index is 448. The van der Waals surface area contributed by atoms with Crippen LogP contribution in [-0.2, 0) is 0 Å². The van der Waals surface area contributed by atoms with E-state index in [4.69, 9.17) is 11.6 Å². The summed E-state index contributed by atoms with van der Waals surface area (Å²) in [4.78, 5) is 0. The number of nitrogens with zero attached hydrogens (tertiary/aromatic N) is 2. The molecular formula is C10H9ClN2O. The van der Waals surface area contributed by atoms with Crippen molar-refractivity contribution in [1.29, 1.82) is 0 Å². The summed E-state index contributed by atoms with van der Waals surface area (Å²) in [7, 11) is 0. The highest BCUT2D eigenvalue weighted by atomic mass is 35.5. The highest BCUT2D eigenvalue weighted by molar-refractivity contribution is 6.31. The number of aryl methyl sites for hydroxylation is 1. The molecule has 2 aromatic rings. The quantitative estimate of drug-likeness (QED) is 0.782. The lowest BCUT2D eigenvalue weighted by atomic mass is 10.2. The highest BCUT2D eigenvalue weighted by Crippen LogP contribution is 2.24. The van der Waals surface area contributed by atoms with Crippen LogP contribution in [0.1, 0.15) is 5.56 Å². The molecule has 1 N–H and O–H groups in total. The second-order valence-electron chi connectivity index (χ2n) is 3.07. The summed E-state index contributed by atoms with van der Waals surface area (Å²) in [5.74, 6) is -0.00718. The first-order valence-corrected chi connectivity index (χ1v) is 4.56. The van der Waals surface area contributed by atoms with Crippen LogP contribution in [0, 0.1) is 6.92 Å². The fraction of sp³-hybridized carbons (Fsp3) is 0.100. The van der Waals surface area contributed by atoms with Crippen LogP contribution in [-0.4, -0.2) is 14.9 Å². The van der Waals surface area contributed by atoms with Gasteiger partial charge in [-0.05, 0) is 19.1 Å². The van der Waals surface area contributed by atoms with Gasteiger partial charge in [-0.15, -0.1) is 0 Å². The molecule has 0 aliphatic carbocycles. The zero-order chi connectivity index (χ0) is 10.1. The SMILES string of the molecule is Cc1ccc(-n2ncc(O)c2Cl)cc1. The van der Waals surface area contributed by atoms with Crippen LogP contribution in [0.2, 0.25) is 5.15 Å². The molecule has 0 saturated carbocycles. The second kappa shape index (κ2) is 3.35. The average molecular weight is 209 g/mol. The van der Waals surface area contributed by atoms with Gasteiger partial charge < -0.3 is 5.11 Å². The van der Waals surface area contributed by atoms with Crippen molar-refractivity contribution in [3.63, 3.8) is 0 Å². The summed E-state index contributed by atoms with van der Waals surface area (Å²) in [5, 5.41) is 13.4. The van der Waals surface area contributed by atoms with Crippen molar-refractivity contribution in [3.05, 3.63) is 41.2 Å². The first-order chi connectivity index (χ1) is 6.68. The van der Waals surface area contributed by atoms with Crippen molar-refractivity contribution < 1.29 is 5.11 Å². The monoisotopic (exact) mass is 208 g/mol. The normalized spacial score (nSPS) is 10.4. The van der Waals surface area contributed by atoms with E-state index in [9.17, 15) is 5.11 Å². The molecule has 0 amide bonds. The number of aromatic hydroxyl groups is 1. The van der Waals surface area contributed by atoms with Crippen molar-refractivity contribution in [3.8, 4) is 11.4 Å². The third kappa shape index (κ3) is 1.46. The van der Waals surface area contributed by atoms with Crippen LogP contribution in [0.4, 0.5) is 0 Å². The zero-order valence-electron chi connectivity index (χ0n) is 7.61. The topological polar surface area (TPSA) is 38.0 Å². The molecule has 1 aromatic carbocycles. The van der Waals surface area contributed by atoms with Gasteiger partial charge in [0.05, 0.1) is 11.9 Å². The first-order valence-electron chi connectivity index (χ1n) is 4.18. The molecule has 2 rings (SSSR count). The maximum atomic E-state index is 9.24. The minimum atomic E-state index is -0.00718. The molecular weight excluding hydrogens is 200 g/mol. The lowest BCUT2D eigenvalue weighted by Gasteiger charge is -2.02. The van der Waals surface area contributed by atoms with Gasteiger partial charge in [-0.25, -0.2) is 4.68 Å². The van der Waals surface area contributed by atoms with Gasteiger partial charge in [0.25, 0.3) is 0 Å². The molecule has 3 nitrogen and oxygen atoms in total. The largest absolute Gasteiger partial charge is 0.504 e. The van der Waals surface area contributed by atoms with Crippen molar-refractivity contribution in [1.82, 2.24) is 9.78 Å². The van der Waals surface area contributed by atoms with Gasteiger partial charge in [0.15, 0.2) is 10.9 Å². The number of rotatable bonds is 1. The van der Waals surface area contributed by atoms with E-state index >= 15 is 0 Å². The molecule has 0 saturated heterocycles. The molecule has 0 atom stereocenters. The lowest BCUT2D eigenvalue weighted by molar-refractivity contribution is 0.475. The molecule has 1 heterocycles. The Balaban J connectivity index is 2.49. The molecule has 1 aromatic heterocycles. The molecule has 4 heteroatoms. The van der Waals surface area contributed by atoms with Crippen LogP contribution in [0.5, 0.6) is 5.75 Å². The molecule has 72 valence electrons. The standard InChI is InChI=1S/C10H9ClN2O/c1-7-2-4-8(5-3-7)13-10(11)9(14)6-12-13/h2-6,14H,1H3. The number of benzene rings is 1. The first kappa shape index (κ1) is 9.09. The minimum absolute atomic E-state index is 0.00718. The third-order valence-electron chi connectivity index (χ3n) is 1.97. The predicted molar refractivity (Wildman–Crippen MR) is 55.0 cm³/mol. The summed E-state index contributed by atoms with van der Waals surface area (Å²) in [5.41, 5.74) is 2.00. The third-order valence-corrected chi connectivity index (χ3v) is 2.33. The van der Waals surface area contributed by atoms with E-state index in [1.54, 1.807) is 0 Å². The Morgan fingerprint density at radius 2 is 1.93 bits per heavy atom. The lowest BCUT2D eigenvalue weighted by Crippen LogP contribution is -1.95. The highest BCUT2D eigenvalue weighted by Gasteiger charge is 2.07. The van der Waals surface area contributed by atoms with Crippen LogP contribution < -0.4 is 0 Å². The molecule has 0 aliphatic heterocycles. The van der Waals surface area contributed by atoms with E-state index < -0.39 is 0 Å². The molecule has 0 spiro atoms. The van der Waals surface area contributed by atoms with Gasteiger partial charge in [0, 0.05) is 0 Å². The second-order valence-corrected chi connectivity index (χ2v) is 3.43. The van der Waals surface area contributed by atoms with Gasteiger partial charge >= 0.3 is 0 Å². The van der Waals surface area contributed by atoms with E-state index in [0.717, 1.165) is 5.69 Å². The van der Waals surface area contributed by atoms with Gasteiger partial charge in [-0.2, -0.15) is 5.10 Å². The number of halogens is 1. The maximum absolute atomic E-state index is 9.24. The van der Waals surface area contributed by atoms with Crippen molar-refractivity contribution in [2.75, 3.05) is 0 Å². The van der Waals surface area contributed by atoms with Crippen LogP contribution in [0.3, 0.4) is 0 Å². The number of hydrogen-bond acceptors (Lipinski definition) is 2. The maximum Gasteiger partial charge on any atom is 0.174 e. The van der Waals surface area contributed by atoms with E-state index in [1.807, 2.05) is 31.2 Å². The number of aromatic nitrogens is 2. The Hall–Kier alpha value is -1.48. The van der Waals surface area contributed by atoms with Gasteiger partial charge in [-0.3, -0.25) is 0 Å². The fourth-order valence-corrected chi connectivity index (χ4v) is 1.38. The Kier molecular flexibility index (Phi) is 2.17. The molecule has 0 fully saturated rings. The smallest absolute Gasteiger partial charge is 0.174 e. The van der Waals surface area contributed by atoms with E-state index in [0.29, 0.717) is 0 Å². The van der Waals surface area contributed by atoms with E-state index in [1.165, 1.54) is 16.4 Å². The Morgan fingerprint density at radius 1 is 1.29 bits per heavy atom. The van der Waals surface area contributed by atoms with Gasteiger partial charge in [0.1, 0.15) is 0 Å². The molecule has 0 radical (unpaired) electrons. The van der Waals surface area contributed by atoms with Crippen molar-refractivity contribution >= 4 is 11.6 Å². The Labute approximate surface area is 86.6 Å². The van der Waals surface area contributed by atoms with E-state index in [-0.39, 0.29) is 10.9 Å². The van der Waals surface area contributed by atoms with Crippen LogP contribution in [0.25, 0.3) is 5.69 Å². The molecule has 14 heavy (non-hydrogen) atoms. The van der Waals surface area contributed by atoms with Crippen LogP contribution >= 0.6 is 11.6 Å². The predicted octanol–water partition coefficient (Wildman–Crippen LogP) is 2.54. The van der Waals surface area contributed by atoms with Crippen LogP contribution in [0.15, 0.2) is 30.5 Å². The van der Waals surface area contributed by atoms with Crippen molar-refractivity contribution in [2.45, 2.75) is 6.92 Å². The van der Waals surface area contributed by atoms with E-state index in [2.05, 4.69) is 5.10 Å². The molecule has 0 bridgehead atoms. The fourth-order valence-electron chi connectivity index (χ4n) is 1.19. The summed E-state index contributed by atoms with van der Waals surface area (Å²) >= 11 is 5.83. The average Bonchev–Trinajstić information content (AvgIpc) is 2.50. The van der Waals surface area contributed by atoms with Gasteiger partial charge in [-0.1, -0.05) is 29.3 Å². The summed E-state index contributed by atoms with van der Waals surface area (Å²) < 4.78 is 1.48. The Morgan fingerprint density at radius 3 is 2.43 bits per heavy atom. The minimum Gasteiger partial charge on any atom is -0.504 e. The zero-order valence-corrected chi connectivity index (χ0v) is 8.36. The van der Waals surface area contributed by atoms with Gasteiger partial charge in [0.2, 0.25) is 0 Å². The molecule has 0 unspecified atom stereocenters. The summed E-state index contributed by atoms with van der Waals surface area (Å²) in [6, 6.07) is 7.72. The van der Waals surface area contributed by atoms with Crippen molar-refractivity contribution in [2.24, 2.45) is 0 Å². The number of hydrogen-bond donors (Lipinski definition) is 1. The summed E-state index contributed by atoms with van der Waals surface area (Å²) in [6.07, 6.45) is 1.32.